The van der Waals surface area contributed by atoms with E-state index < -0.39 is 5.60 Å². The molecule has 19 heavy (non-hydrogen) atoms. The highest BCUT2D eigenvalue weighted by Gasteiger charge is 2.31. The van der Waals surface area contributed by atoms with E-state index in [1.165, 1.54) is 7.11 Å². The number of hydrogen-bond acceptors (Lipinski definition) is 4. The molecule has 0 aromatic carbocycles. The van der Waals surface area contributed by atoms with Crippen LogP contribution in [-0.4, -0.2) is 30.2 Å². The van der Waals surface area contributed by atoms with Crippen LogP contribution in [0.4, 0.5) is 5.69 Å². The maximum atomic E-state index is 12.2. The summed E-state index contributed by atoms with van der Waals surface area (Å²) < 4.78 is 10.6. The molecule has 1 amide bonds. The SMILES string of the molecule is CCOc1ccc(NC(=O)[C@@](C)(CC)OC)c(C)n1. The molecule has 1 heterocycles. The van der Waals surface area contributed by atoms with Crippen LogP contribution in [0.25, 0.3) is 0 Å². The molecule has 0 spiro atoms. The van der Waals surface area contributed by atoms with Gasteiger partial charge in [0.05, 0.1) is 18.0 Å². The van der Waals surface area contributed by atoms with Crippen LogP contribution in [0.2, 0.25) is 0 Å². The second-order valence-corrected chi connectivity index (χ2v) is 4.46. The minimum atomic E-state index is -0.828. The van der Waals surface area contributed by atoms with Gasteiger partial charge in [-0.3, -0.25) is 4.79 Å². The molecule has 1 N–H and O–H groups in total. The molecule has 0 aliphatic heterocycles. The fourth-order valence-electron chi connectivity index (χ4n) is 1.55. The van der Waals surface area contributed by atoms with E-state index in [4.69, 9.17) is 9.47 Å². The van der Waals surface area contributed by atoms with E-state index in [0.717, 1.165) is 0 Å². The summed E-state index contributed by atoms with van der Waals surface area (Å²) in [6, 6.07) is 3.53. The van der Waals surface area contributed by atoms with Crippen molar-refractivity contribution in [3.05, 3.63) is 17.8 Å². The average molecular weight is 266 g/mol. The Kier molecular flexibility index (Phi) is 5.30. The highest BCUT2D eigenvalue weighted by Crippen LogP contribution is 2.21. The molecule has 1 aromatic rings. The molecule has 0 bridgehead atoms. The summed E-state index contributed by atoms with van der Waals surface area (Å²) in [6.07, 6.45) is 0.596. The number of nitrogens with zero attached hydrogens (tertiary/aromatic N) is 1. The summed E-state index contributed by atoms with van der Waals surface area (Å²) >= 11 is 0. The van der Waals surface area contributed by atoms with Crippen molar-refractivity contribution in [2.24, 2.45) is 0 Å². The zero-order valence-electron chi connectivity index (χ0n) is 12.2. The number of anilines is 1. The Morgan fingerprint density at radius 2 is 2.11 bits per heavy atom. The quantitative estimate of drug-likeness (QED) is 0.859. The molecule has 1 rings (SSSR count). The van der Waals surface area contributed by atoms with Crippen LogP contribution in [0.3, 0.4) is 0 Å². The van der Waals surface area contributed by atoms with Gasteiger partial charge in [-0.25, -0.2) is 4.98 Å². The molecule has 1 atom stereocenters. The third kappa shape index (κ3) is 3.67. The second kappa shape index (κ2) is 6.52. The zero-order chi connectivity index (χ0) is 14.5. The number of pyridine rings is 1. The number of aryl methyl sites for hydroxylation is 1. The van der Waals surface area contributed by atoms with E-state index in [1.54, 1.807) is 19.1 Å². The minimum Gasteiger partial charge on any atom is -0.478 e. The third-order valence-corrected chi connectivity index (χ3v) is 3.21. The lowest BCUT2D eigenvalue weighted by Crippen LogP contribution is -2.41. The molecule has 0 aliphatic carbocycles. The molecule has 0 aliphatic rings. The molecular formula is C14H22N2O3. The van der Waals surface area contributed by atoms with Gasteiger partial charge >= 0.3 is 0 Å². The first-order valence-electron chi connectivity index (χ1n) is 6.43. The Hall–Kier alpha value is -1.62. The van der Waals surface area contributed by atoms with E-state index in [1.807, 2.05) is 20.8 Å². The summed E-state index contributed by atoms with van der Waals surface area (Å²) in [5.41, 5.74) is 0.560. The Morgan fingerprint density at radius 1 is 1.42 bits per heavy atom. The monoisotopic (exact) mass is 266 g/mol. The molecule has 5 nitrogen and oxygen atoms in total. The number of carbonyl (C=O) groups excluding carboxylic acids is 1. The number of methoxy groups -OCH3 is 1. The Labute approximate surface area is 114 Å². The number of nitrogens with one attached hydrogen (secondary N) is 1. The first-order valence-corrected chi connectivity index (χ1v) is 6.43. The standard InChI is InChI=1S/C14H22N2O3/c1-6-14(4,18-5)13(17)16-11-8-9-12(19-7-2)15-10(11)3/h8-9H,6-7H2,1-5H3,(H,16,17)/t14-/m1/s1. The molecular weight excluding hydrogens is 244 g/mol. The van der Waals surface area contributed by atoms with Crippen LogP contribution < -0.4 is 10.1 Å². The fourth-order valence-corrected chi connectivity index (χ4v) is 1.55. The lowest BCUT2D eigenvalue weighted by Gasteiger charge is -2.25. The normalized spacial score (nSPS) is 13.7. The zero-order valence-corrected chi connectivity index (χ0v) is 12.2. The van der Waals surface area contributed by atoms with Gasteiger partial charge in [-0.05, 0) is 33.3 Å². The van der Waals surface area contributed by atoms with Crippen molar-refractivity contribution in [2.45, 2.75) is 39.7 Å². The van der Waals surface area contributed by atoms with E-state index in [2.05, 4.69) is 10.3 Å². The topological polar surface area (TPSA) is 60.5 Å². The molecule has 0 fully saturated rings. The summed E-state index contributed by atoms with van der Waals surface area (Å²) in [7, 11) is 1.53. The van der Waals surface area contributed by atoms with Crippen LogP contribution in [0.1, 0.15) is 32.9 Å². The summed E-state index contributed by atoms with van der Waals surface area (Å²) in [6.45, 7) is 7.97. The molecule has 0 radical (unpaired) electrons. The second-order valence-electron chi connectivity index (χ2n) is 4.46. The number of rotatable bonds is 6. The minimum absolute atomic E-state index is 0.174. The van der Waals surface area contributed by atoms with E-state index in [0.29, 0.717) is 30.3 Å². The molecule has 5 heteroatoms. The summed E-state index contributed by atoms with van der Waals surface area (Å²) in [5, 5.41) is 2.84. The molecule has 0 saturated carbocycles. The van der Waals surface area contributed by atoms with Crippen molar-refractivity contribution in [2.75, 3.05) is 19.0 Å². The van der Waals surface area contributed by atoms with Crippen molar-refractivity contribution in [3.8, 4) is 5.88 Å². The van der Waals surface area contributed by atoms with Gasteiger partial charge in [0.1, 0.15) is 5.60 Å². The lowest BCUT2D eigenvalue weighted by molar-refractivity contribution is -0.136. The van der Waals surface area contributed by atoms with E-state index in [9.17, 15) is 4.79 Å². The van der Waals surface area contributed by atoms with Crippen LogP contribution in [0.5, 0.6) is 5.88 Å². The third-order valence-electron chi connectivity index (χ3n) is 3.21. The summed E-state index contributed by atoms with van der Waals surface area (Å²) in [5.74, 6) is 0.384. The number of hydrogen-bond donors (Lipinski definition) is 1. The van der Waals surface area contributed by atoms with Crippen LogP contribution >= 0.6 is 0 Å². The van der Waals surface area contributed by atoms with Crippen molar-refractivity contribution < 1.29 is 14.3 Å². The fraction of sp³-hybridized carbons (Fsp3) is 0.571. The van der Waals surface area contributed by atoms with Crippen molar-refractivity contribution in [3.63, 3.8) is 0 Å². The van der Waals surface area contributed by atoms with Gasteiger partial charge in [0.25, 0.3) is 5.91 Å². The lowest BCUT2D eigenvalue weighted by atomic mass is 10.0. The first kappa shape index (κ1) is 15.4. The van der Waals surface area contributed by atoms with Gasteiger partial charge in [0, 0.05) is 13.2 Å². The predicted molar refractivity (Wildman–Crippen MR) is 74.5 cm³/mol. The Balaban J connectivity index is 2.85. The van der Waals surface area contributed by atoms with Crippen LogP contribution in [0, 0.1) is 6.92 Å². The van der Waals surface area contributed by atoms with Crippen molar-refractivity contribution in [1.82, 2.24) is 4.98 Å². The first-order chi connectivity index (χ1) is 8.96. The van der Waals surface area contributed by atoms with E-state index in [-0.39, 0.29) is 5.91 Å². The van der Waals surface area contributed by atoms with E-state index >= 15 is 0 Å². The van der Waals surface area contributed by atoms with Gasteiger partial charge in [0.15, 0.2) is 0 Å². The highest BCUT2D eigenvalue weighted by atomic mass is 16.5. The van der Waals surface area contributed by atoms with Gasteiger partial charge < -0.3 is 14.8 Å². The number of amides is 1. The molecule has 1 aromatic heterocycles. The maximum absolute atomic E-state index is 12.2. The van der Waals surface area contributed by atoms with Gasteiger partial charge in [0.2, 0.25) is 5.88 Å². The van der Waals surface area contributed by atoms with Gasteiger partial charge in [-0.15, -0.1) is 0 Å². The van der Waals surface area contributed by atoms with Gasteiger partial charge in [-0.2, -0.15) is 0 Å². The number of ether oxygens (including phenoxy) is 2. The average Bonchev–Trinajstić information content (AvgIpc) is 2.41. The summed E-state index contributed by atoms with van der Waals surface area (Å²) in [4.78, 5) is 16.4. The molecule has 0 saturated heterocycles. The van der Waals surface area contributed by atoms with Crippen molar-refractivity contribution >= 4 is 11.6 Å². The molecule has 0 unspecified atom stereocenters. The largest absolute Gasteiger partial charge is 0.478 e. The van der Waals surface area contributed by atoms with Gasteiger partial charge in [-0.1, -0.05) is 6.92 Å². The highest BCUT2D eigenvalue weighted by molar-refractivity contribution is 5.97. The Morgan fingerprint density at radius 3 is 2.58 bits per heavy atom. The van der Waals surface area contributed by atoms with Crippen LogP contribution in [-0.2, 0) is 9.53 Å². The number of carbonyl (C=O) groups is 1. The smallest absolute Gasteiger partial charge is 0.256 e. The van der Waals surface area contributed by atoms with Crippen LogP contribution in [0.15, 0.2) is 12.1 Å². The van der Waals surface area contributed by atoms with Crippen molar-refractivity contribution in [1.29, 1.82) is 0 Å². The number of aromatic nitrogens is 1. The molecule has 106 valence electrons. The maximum Gasteiger partial charge on any atom is 0.256 e. The predicted octanol–water partition coefficient (Wildman–Crippen LogP) is 2.54. The Bertz CT molecular complexity index is 442.